The maximum atomic E-state index is 12.7. The van der Waals surface area contributed by atoms with Crippen molar-refractivity contribution < 1.29 is 4.74 Å². The van der Waals surface area contributed by atoms with Crippen molar-refractivity contribution in [2.45, 2.75) is 0 Å². The zero-order valence-corrected chi connectivity index (χ0v) is 15.0. The van der Waals surface area contributed by atoms with Crippen molar-refractivity contribution in [2.75, 3.05) is 6.61 Å². The number of fused-ring (bicyclic) bond motifs is 3. The summed E-state index contributed by atoms with van der Waals surface area (Å²) in [6.45, 7) is 4.06. The van der Waals surface area contributed by atoms with Crippen LogP contribution in [-0.2, 0) is 0 Å². The van der Waals surface area contributed by atoms with Gasteiger partial charge in [0.2, 0.25) is 0 Å². The summed E-state index contributed by atoms with van der Waals surface area (Å²) in [5.74, 6) is 0.740. The van der Waals surface area contributed by atoms with Crippen LogP contribution in [0.15, 0.2) is 71.3 Å². The normalized spacial score (nSPS) is 11.4. The highest BCUT2D eigenvalue weighted by Crippen LogP contribution is 2.24. The number of hydrogen-bond acceptors (Lipinski definition) is 4. The summed E-state index contributed by atoms with van der Waals surface area (Å²) in [5, 5.41) is 5.62. The molecule has 0 unspecified atom stereocenters. The molecule has 0 radical (unpaired) electrons. The molecule has 2 heterocycles. The number of hydrogen-bond donors (Lipinski definition) is 1. The Morgan fingerprint density at radius 1 is 1.26 bits per heavy atom. The summed E-state index contributed by atoms with van der Waals surface area (Å²) in [4.78, 5) is 20.1. The number of nitrogens with one attached hydrogen (secondary N) is 1. The summed E-state index contributed by atoms with van der Waals surface area (Å²) in [5.41, 5.74) is 2.31. The van der Waals surface area contributed by atoms with Crippen molar-refractivity contribution in [3.8, 4) is 5.75 Å². The fraction of sp³-hybridized carbons (Fsp3) is 0.0500. The zero-order chi connectivity index (χ0) is 18.8. The Bertz CT molecular complexity index is 1220. The van der Waals surface area contributed by atoms with Gasteiger partial charge in [0.1, 0.15) is 29.7 Å². The molecule has 2 aromatic heterocycles. The number of benzene rings is 2. The van der Waals surface area contributed by atoms with Gasteiger partial charge in [-0.2, -0.15) is 9.78 Å². The summed E-state index contributed by atoms with van der Waals surface area (Å²) < 4.78 is 6.63. The predicted octanol–water partition coefficient (Wildman–Crippen LogP) is 3.98. The molecule has 2 aromatic carbocycles. The SMILES string of the molecule is C=CCOc1ccc(/C=N\n2cnc3c([nH]c4ccc(Cl)cc43)c2=O)cc1. The second kappa shape index (κ2) is 7.09. The highest BCUT2D eigenvalue weighted by atomic mass is 35.5. The number of ether oxygens (including phenoxy) is 1. The number of halogens is 1. The Kier molecular flexibility index (Phi) is 4.48. The van der Waals surface area contributed by atoms with E-state index in [0.717, 1.165) is 22.2 Å². The maximum Gasteiger partial charge on any atom is 0.298 e. The van der Waals surface area contributed by atoms with E-state index in [1.54, 1.807) is 24.4 Å². The molecule has 0 aliphatic carbocycles. The first kappa shape index (κ1) is 17.1. The first-order chi connectivity index (χ1) is 13.2. The van der Waals surface area contributed by atoms with Crippen LogP contribution in [0.3, 0.4) is 0 Å². The predicted molar refractivity (Wildman–Crippen MR) is 108 cm³/mol. The van der Waals surface area contributed by atoms with Crippen LogP contribution in [0.4, 0.5) is 0 Å². The van der Waals surface area contributed by atoms with Crippen LogP contribution in [0.5, 0.6) is 5.75 Å². The molecule has 0 saturated carbocycles. The van der Waals surface area contributed by atoms with E-state index in [4.69, 9.17) is 16.3 Å². The summed E-state index contributed by atoms with van der Waals surface area (Å²) >= 11 is 6.04. The molecule has 0 amide bonds. The minimum atomic E-state index is -0.283. The molecule has 4 rings (SSSR count). The molecule has 0 aliphatic rings. The summed E-state index contributed by atoms with van der Waals surface area (Å²) in [6.07, 6.45) is 4.67. The van der Waals surface area contributed by atoms with Gasteiger partial charge in [0.15, 0.2) is 0 Å². The number of rotatable bonds is 5. The molecule has 4 aromatic rings. The summed E-state index contributed by atoms with van der Waals surface area (Å²) in [6, 6.07) is 12.7. The van der Waals surface area contributed by atoms with Crippen LogP contribution in [0.2, 0.25) is 5.02 Å². The van der Waals surface area contributed by atoms with Crippen molar-refractivity contribution in [3.63, 3.8) is 0 Å². The molecular weight excluding hydrogens is 364 g/mol. The molecule has 6 nitrogen and oxygen atoms in total. The fourth-order valence-corrected chi connectivity index (χ4v) is 2.91. The van der Waals surface area contributed by atoms with Gasteiger partial charge in [-0.15, -0.1) is 0 Å². The van der Waals surface area contributed by atoms with E-state index >= 15 is 0 Å². The third-order valence-corrected chi connectivity index (χ3v) is 4.27. The van der Waals surface area contributed by atoms with E-state index in [9.17, 15) is 4.79 Å². The Morgan fingerprint density at radius 3 is 2.85 bits per heavy atom. The van der Waals surface area contributed by atoms with E-state index in [-0.39, 0.29) is 5.56 Å². The lowest BCUT2D eigenvalue weighted by molar-refractivity contribution is 0.363. The largest absolute Gasteiger partial charge is 0.490 e. The van der Waals surface area contributed by atoms with Crippen LogP contribution in [-0.4, -0.2) is 27.5 Å². The number of H-pyrrole nitrogens is 1. The average Bonchev–Trinajstić information content (AvgIpc) is 3.05. The minimum Gasteiger partial charge on any atom is -0.490 e. The highest BCUT2D eigenvalue weighted by Gasteiger charge is 2.10. The number of nitrogens with zero attached hydrogens (tertiary/aromatic N) is 3. The Balaban J connectivity index is 1.66. The zero-order valence-electron chi connectivity index (χ0n) is 14.2. The van der Waals surface area contributed by atoms with Crippen LogP contribution in [0, 0.1) is 0 Å². The van der Waals surface area contributed by atoms with Gasteiger partial charge in [-0.3, -0.25) is 4.79 Å². The topological polar surface area (TPSA) is 72.3 Å². The van der Waals surface area contributed by atoms with Crippen LogP contribution < -0.4 is 10.3 Å². The number of aromatic nitrogens is 3. The molecule has 1 N–H and O–H groups in total. The van der Waals surface area contributed by atoms with Gasteiger partial charge < -0.3 is 9.72 Å². The molecule has 7 heteroatoms. The van der Waals surface area contributed by atoms with Gasteiger partial charge >= 0.3 is 0 Å². The molecule has 0 fully saturated rings. The fourth-order valence-electron chi connectivity index (χ4n) is 2.73. The van der Waals surface area contributed by atoms with Crippen LogP contribution in [0.25, 0.3) is 21.9 Å². The Hall–Kier alpha value is -3.38. The van der Waals surface area contributed by atoms with Gasteiger partial charge in [0.25, 0.3) is 5.56 Å². The van der Waals surface area contributed by atoms with Crippen molar-refractivity contribution >= 4 is 39.8 Å². The van der Waals surface area contributed by atoms with E-state index in [2.05, 4.69) is 21.6 Å². The van der Waals surface area contributed by atoms with Gasteiger partial charge in [-0.1, -0.05) is 24.3 Å². The molecular formula is C20H15ClN4O2. The Labute approximate surface area is 159 Å². The van der Waals surface area contributed by atoms with Gasteiger partial charge in [-0.05, 0) is 48.0 Å². The Morgan fingerprint density at radius 2 is 2.07 bits per heavy atom. The van der Waals surface area contributed by atoms with Crippen LogP contribution in [0.1, 0.15) is 5.56 Å². The van der Waals surface area contributed by atoms with Crippen molar-refractivity contribution in [1.82, 2.24) is 14.6 Å². The van der Waals surface area contributed by atoms with Gasteiger partial charge in [-0.25, -0.2) is 4.98 Å². The molecule has 0 saturated heterocycles. The quantitative estimate of drug-likeness (QED) is 0.421. The second-order valence-corrected chi connectivity index (χ2v) is 6.28. The van der Waals surface area contributed by atoms with Gasteiger partial charge in [0, 0.05) is 15.9 Å². The van der Waals surface area contributed by atoms with Crippen LogP contribution >= 0.6 is 11.6 Å². The van der Waals surface area contributed by atoms with E-state index in [0.29, 0.717) is 22.7 Å². The third kappa shape index (κ3) is 3.35. The van der Waals surface area contributed by atoms with E-state index in [1.165, 1.54) is 11.0 Å². The molecule has 0 atom stereocenters. The number of aromatic amines is 1. The second-order valence-electron chi connectivity index (χ2n) is 5.85. The third-order valence-electron chi connectivity index (χ3n) is 4.03. The first-order valence-electron chi connectivity index (χ1n) is 8.22. The first-order valence-corrected chi connectivity index (χ1v) is 8.60. The minimum absolute atomic E-state index is 0.283. The highest BCUT2D eigenvalue weighted by molar-refractivity contribution is 6.31. The molecule has 0 aliphatic heterocycles. The standard InChI is InChI=1S/C20H15ClN4O2/c1-2-9-27-15-6-3-13(4-7-15)11-23-25-12-22-18-16-10-14(21)5-8-17(16)24-19(18)20(25)26/h2-8,10-12,24H,1,9H2/b23-11-. The van der Waals surface area contributed by atoms with Crippen molar-refractivity contribution in [3.05, 3.63) is 82.4 Å². The lowest BCUT2D eigenvalue weighted by atomic mass is 10.2. The average molecular weight is 379 g/mol. The smallest absolute Gasteiger partial charge is 0.298 e. The lowest BCUT2D eigenvalue weighted by Crippen LogP contribution is -2.17. The molecule has 0 spiro atoms. The maximum absolute atomic E-state index is 12.7. The van der Waals surface area contributed by atoms with E-state index in [1.807, 2.05) is 30.3 Å². The van der Waals surface area contributed by atoms with Crippen molar-refractivity contribution in [2.24, 2.45) is 5.10 Å². The lowest BCUT2D eigenvalue weighted by Gasteiger charge is -2.02. The van der Waals surface area contributed by atoms with Gasteiger partial charge in [0.05, 0.1) is 6.21 Å². The molecule has 134 valence electrons. The summed E-state index contributed by atoms with van der Waals surface area (Å²) in [7, 11) is 0. The molecule has 27 heavy (non-hydrogen) atoms. The molecule has 0 bridgehead atoms. The van der Waals surface area contributed by atoms with E-state index < -0.39 is 0 Å². The monoisotopic (exact) mass is 378 g/mol. The van der Waals surface area contributed by atoms with Crippen molar-refractivity contribution in [1.29, 1.82) is 0 Å².